The van der Waals surface area contributed by atoms with E-state index in [0.717, 1.165) is 21.4 Å². The summed E-state index contributed by atoms with van der Waals surface area (Å²) < 4.78 is 13.4. The number of carboxylic acid groups (broad SMARTS) is 1. The molecule has 2 aliphatic heterocycles. The number of carboxylic acids is 1. The molecule has 0 amide bonds. The van der Waals surface area contributed by atoms with Crippen molar-refractivity contribution in [1.29, 1.82) is 0 Å². The molecule has 4 rings (SSSR count). The Bertz CT molecular complexity index is 1500. The Labute approximate surface area is 241 Å². The van der Waals surface area contributed by atoms with Crippen molar-refractivity contribution in [2.75, 3.05) is 13.2 Å². The van der Waals surface area contributed by atoms with Gasteiger partial charge >= 0.3 is 17.3 Å². The Balaban J connectivity index is 0.000000242. The van der Waals surface area contributed by atoms with Gasteiger partial charge in [-0.2, -0.15) is 0 Å². The van der Waals surface area contributed by atoms with Gasteiger partial charge in [-0.25, -0.2) is 9.59 Å². The zero-order valence-electron chi connectivity index (χ0n) is 22.9. The Hall–Kier alpha value is -3.53. The van der Waals surface area contributed by atoms with Gasteiger partial charge < -0.3 is 55.5 Å². The zero-order chi connectivity index (χ0) is 32.2. The van der Waals surface area contributed by atoms with Gasteiger partial charge in [0.05, 0.1) is 18.8 Å². The lowest BCUT2D eigenvalue weighted by Gasteiger charge is -2.19. The molecular weight excluding hydrogens is 582 g/mol. The minimum atomic E-state index is -1.48. The number of aliphatic hydroxyl groups excluding tert-OH is 6. The van der Waals surface area contributed by atoms with Crippen LogP contribution in [0.5, 0.6) is 0 Å². The quantitative estimate of drug-likeness (QED) is 0.127. The van der Waals surface area contributed by atoms with Crippen LogP contribution in [0.25, 0.3) is 0 Å². The van der Waals surface area contributed by atoms with E-state index in [1.807, 2.05) is 0 Å². The average Bonchev–Trinajstić information content (AvgIpc) is 3.42. The summed E-state index contributed by atoms with van der Waals surface area (Å²) >= 11 is 0. The lowest BCUT2D eigenvalue weighted by Crippen LogP contribution is -2.44. The highest BCUT2D eigenvalue weighted by Crippen LogP contribution is 2.31. The minimum absolute atomic E-state index is 0.0453. The van der Waals surface area contributed by atoms with E-state index in [1.54, 1.807) is 6.92 Å². The van der Waals surface area contributed by atoms with Gasteiger partial charge in [0.15, 0.2) is 6.23 Å². The molecule has 0 aliphatic carbocycles. The van der Waals surface area contributed by atoms with E-state index in [9.17, 15) is 44.4 Å². The van der Waals surface area contributed by atoms with Crippen LogP contribution in [0.1, 0.15) is 31.2 Å². The van der Waals surface area contributed by atoms with Crippen LogP contribution >= 0.6 is 0 Å². The molecule has 2 aromatic heterocycles. The second kappa shape index (κ2) is 14.3. The van der Waals surface area contributed by atoms with Crippen LogP contribution in [0.4, 0.5) is 0 Å². The van der Waals surface area contributed by atoms with Crippen LogP contribution in [0.15, 0.2) is 37.6 Å². The predicted octanol–water partition coefficient (Wildman–Crippen LogP) is -5.87. The van der Waals surface area contributed by atoms with Crippen LogP contribution in [0.3, 0.4) is 0 Å². The monoisotopic (exact) mass is 617 g/mol. The van der Waals surface area contributed by atoms with Crippen molar-refractivity contribution in [3.05, 3.63) is 65.7 Å². The van der Waals surface area contributed by atoms with Gasteiger partial charge in [0.2, 0.25) is 0 Å². The lowest BCUT2D eigenvalue weighted by molar-refractivity contribution is -0.138. The molecule has 0 aromatic carbocycles. The molecule has 1 unspecified atom stereocenters. The summed E-state index contributed by atoms with van der Waals surface area (Å²) in [7, 11) is 0. The van der Waals surface area contributed by atoms with Crippen molar-refractivity contribution in [3.8, 4) is 0 Å². The Kier molecular flexibility index (Phi) is 11.3. The first kappa shape index (κ1) is 34.0. The van der Waals surface area contributed by atoms with Gasteiger partial charge in [0.1, 0.15) is 48.8 Å². The topological polar surface area (TPSA) is 302 Å². The molecule has 2 aliphatic rings. The predicted molar refractivity (Wildman–Crippen MR) is 142 cm³/mol. The number of nitrogens with one attached hydrogen (secondary N) is 1. The number of nitrogens with zero attached hydrogens (tertiary/aromatic N) is 3. The van der Waals surface area contributed by atoms with Crippen LogP contribution < -0.4 is 28.2 Å². The summed E-state index contributed by atoms with van der Waals surface area (Å²) in [5, 5.41) is 66.0. The minimum Gasteiger partial charge on any atom is -0.480 e. The molecule has 0 spiro atoms. The van der Waals surface area contributed by atoms with Crippen LogP contribution in [-0.4, -0.2) is 116 Å². The first-order chi connectivity index (χ1) is 20.3. The molecule has 2 fully saturated rings. The summed E-state index contributed by atoms with van der Waals surface area (Å²) in [4.78, 5) is 60.2. The molecule has 2 saturated heterocycles. The fraction of sp³-hybridized carbons (Fsp3) is 0.625. The second-order valence-corrected chi connectivity index (χ2v) is 9.85. The van der Waals surface area contributed by atoms with Gasteiger partial charge in [0.25, 0.3) is 11.1 Å². The van der Waals surface area contributed by atoms with Gasteiger partial charge in [-0.15, -0.1) is 0 Å². The van der Waals surface area contributed by atoms with Crippen molar-refractivity contribution >= 4 is 5.97 Å². The maximum absolute atomic E-state index is 12.4. The highest BCUT2D eigenvalue weighted by molar-refractivity contribution is 5.72. The molecule has 19 nitrogen and oxygen atoms in total. The van der Waals surface area contributed by atoms with Gasteiger partial charge in [-0.3, -0.25) is 28.5 Å². The molecule has 2 aromatic rings. The number of ether oxygens (including phenoxy) is 2. The number of aromatic amines is 1. The van der Waals surface area contributed by atoms with Crippen LogP contribution in [-0.2, 0) is 27.4 Å². The third-order valence-corrected chi connectivity index (χ3v) is 7.10. The summed E-state index contributed by atoms with van der Waals surface area (Å²) in [5.41, 5.74) is 2.65. The van der Waals surface area contributed by atoms with Gasteiger partial charge in [0, 0.05) is 31.5 Å². The molecular formula is C24H35N5O14. The highest BCUT2D eigenvalue weighted by atomic mass is 16.6. The van der Waals surface area contributed by atoms with E-state index >= 15 is 0 Å². The third-order valence-electron chi connectivity index (χ3n) is 7.10. The summed E-state index contributed by atoms with van der Waals surface area (Å²) in [5.74, 6) is -1.26. The number of aliphatic carboxylic acids is 1. The van der Waals surface area contributed by atoms with Gasteiger partial charge in [-0.1, -0.05) is 0 Å². The first-order valence-corrected chi connectivity index (χ1v) is 13.2. The van der Waals surface area contributed by atoms with Crippen molar-refractivity contribution in [1.82, 2.24) is 18.7 Å². The zero-order valence-corrected chi connectivity index (χ0v) is 22.9. The summed E-state index contributed by atoms with van der Waals surface area (Å²) in [6.45, 7) is 0.801. The normalized spacial score (nSPS) is 29.2. The van der Waals surface area contributed by atoms with E-state index in [4.69, 9.17) is 30.5 Å². The molecule has 240 valence electrons. The maximum atomic E-state index is 12.4. The molecule has 10 N–H and O–H groups in total. The van der Waals surface area contributed by atoms with Crippen molar-refractivity contribution in [3.63, 3.8) is 0 Å². The number of aromatic nitrogens is 4. The number of H-pyrrole nitrogens is 1. The Morgan fingerprint density at radius 1 is 1.00 bits per heavy atom. The fourth-order valence-electron chi connectivity index (χ4n) is 4.55. The SMILES string of the molecule is CCn1cc([C@@H]2O[C@H](CO)[C@@H](O)[C@H]2O)c(=O)[nH]c1=O.NC(CCn1c(=O)ccn([C@@H]2O[C@H](CO)[C@@H](O)[C@H]2O)c1=O)C(=O)O. The van der Waals surface area contributed by atoms with E-state index in [1.165, 1.54) is 10.8 Å². The maximum Gasteiger partial charge on any atom is 0.333 e. The number of hydrogen-bond donors (Lipinski definition) is 9. The van der Waals surface area contributed by atoms with Crippen molar-refractivity contribution in [2.45, 2.75) is 81.4 Å². The van der Waals surface area contributed by atoms with E-state index in [2.05, 4.69) is 4.98 Å². The Morgan fingerprint density at radius 2 is 1.60 bits per heavy atom. The molecule has 9 atom stereocenters. The highest BCUT2D eigenvalue weighted by Gasteiger charge is 2.45. The van der Waals surface area contributed by atoms with Crippen molar-refractivity contribution in [2.24, 2.45) is 5.73 Å². The fourth-order valence-corrected chi connectivity index (χ4v) is 4.55. The standard InChI is InChI=1S/C13H19N3O8.C11H16N2O6/c14-6(12(21)22)1-3-15-8(18)2-4-16(13(15)23)11-10(20)9(19)7(5-17)24-11;1-2-13-3-5(10(17)12-11(13)18)9-8(16)7(15)6(4-14)19-9/h2,4,6-7,9-11,17,19-20H,1,3,5,14H2,(H,21,22);3,6-9,14-16H,2,4H2,1H3,(H,12,17,18)/t6?,7-,9-,10-,11-;6-,7-,8-,9+/m11/s1. The smallest absolute Gasteiger partial charge is 0.333 e. The molecule has 0 radical (unpaired) electrons. The number of nitrogens with two attached hydrogens (primary N) is 1. The van der Waals surface area contributed by atoms with Crippen molar-refractivity contribution < 1.29 is 50.0 Å². The molecule has 0 bridgehead atoms. The van der Waals surface area contributed by atoms with Crippen LogP contribution in [0, 0.1) is 0 Å². The van der Waals surface area contributed by atoms with Gasteiger partial charge in [-0.05, 0) is 13.3 Å². The molecule has 4 heterocycles. The number of hydrogen-bond acceptors (Lipinski definition) is 14. The molecule has 19 heteroatoms. The number of aryl methyl sites for hydroxylation is 1. The second-order valence-electron chi connectivity index (χ2n) is 9.85. The third kappa shape index (κ3) is 7.17. The van der Waals surface area contributed by atoms with Crippen LogP contribution in [0.2, 0.25) is 0 Å². The molecule has 0 saturated carbocycles. The van der Waals surface area contributed by atoms with E-state index in [0.29, 0.717) is 6.54 Å². The van der Waals surface area contributed by atoms with E-state index in [-0.39, 0.29) is 18.5 Å². The Morgan fingerprint density at radius 3 is 2.14 bits per heavy atom. The average molecular weight is 618 g/mol. The largest absolute Gasteiger partial charge is 0.480 e. The molecule has 43 heavy (non-hydrogen) atoms. The number of carbonyl (C=O) groups is 1. The number of aliphatic hydroxyl groups is 6. The van der Waals surface area contributed by atoms with E-state index < -0.39 is 96.7 Å². The number of rotatable bonds is 9. The lowest BCUT2D eigenvalue weighted by atomic mass is 10.0. The summed E-state index contributed by atoms with van der Waals surface area (Å²) in [6.07, 6.45) is -7.64. The first-order valence-electron chi connectivity index (χ1n) is 13.2. The summed E-state index contributed by atoms with van der Waals surface area (Å²) in [6, 6.07) is -0.193.